The molecule has 0 unspecified atom stereocenters. The van der Waals surface area contributed by atoms with Crippen LogP contribution in [0.2, 0.25) is 0 Å². The molecule has 3 amide bonds. The maximum absolute atomic E-state index is 12.6. The van der Waals surface area contributed by atoms with Crippen molar-refractivity contribution in [2.75, 3.05) is 11.9 Å². The minimum absolute atomic E-state index is 0.135. The van der Waals surface area contributed by atoms with E-state index in [2.05, 4.69) is 21.0 Å². The minimum Gasteiger partial charge on any atom is -0.354 e. The molecule has 170 valence electrons. The van der Waals surface area contributed by atoms with E-state index in [9.17, 15) is 14.4 Å². The van der Waals surface area contributed by atoms with Gasteiger partial charge in [-0.2, -0.15) is 5.10 Å². The van der Waals surface area contributed by atoms with E-state index in [0.717, 1.165) is 29.7 Å². The second-order valence-corrected chi connectivity index (χ2v) is 8.31. The number of amides is 3. The first-order valence-corrected chi connectivity index (χ1v) is 11.0. The SMILES string of the molecule is Cc1ccc(C(=O)Nc2cnn(-c3ccc(C(=O)N[C@H]4CCCCNC4=O)cc3)c2)c(C)c1. The van der Waals surface area contributed by atoms with Gasteiger partial charge in [0, 0.05) is 17.7 Å². The van der Waals surface area contributed by atoms with Crippen LogP contribution in [0.3, 0.4) is 0 Å². The number of benzene rings is 2. The quantitative estimate of drug-likeness (QED) is 0.561. The first-order chi connectivity index (χ1) is 15.9. The van der Waals surface area contributed by atoms with Gasteiger partial charge in [-0.15, -0.1) is 0 Å². The lowest BCUT2D eigenvalue weighted by atomic mass is 10.1. The number of nitrogens with zero attached hydrogens (tertiary/aromatic N) is 2. The molecule has 1 atom stereocenters. The van der Waals surface area contributed by atoms with E-state index >= 15 is 0 Å². The number of aromatic nitrogens is 2. The summed E-state index contributed by atoms with van der Waals surface area (Å²) in [5.74, 6) is -0.614. The van der Waals surface area contributed by atoms with Crippen LogP contribution in [0.5, 0.6) is 0 Å². The number of nitrogens with one attached hydrogen (secondary N) is 3. The van der Waals surface area contributed by atoms with Crippen LogP contribution in [0, 0.1) is 13.8 Å². The summed E-state index contributed by atoms with van der Waals surface area (Å²) in [4.78, 5) is 37.2. The molecule has 3 N–H and O–H groups in total. The molecular formula is C25H27N5O3. The number of aryl methyl sites for hydroxylation is 2. The van der Waals surface area contributed by atoms with E-state index in [1.165, 1.54) is 0 Å². The summed E-state index contributed by atoms with van der Waals surface area (Å²) in [7, 11) is 0. The average Bonchev–Trinajstić information content (AvgIpc) is 3.16. The van der Waals surface area contributed by atoms with E-state index < -0.39 is 6.04 Å². The van der Waals surface area contributed by atoms with Crippen LogP contribution >= 0.6 is 0 Å². The molecule has 0 saturated carbocycles. The molecule has 4 rings (SSSR count). The lowest BCUT2D eigenvalue weighted by Gasteiger charge is -2.15. The monoisotopic (exact) mass is 445 g/mol. The first-order valence-electron chi connectivity index (χ1n) is 11.0. The van der Waals surface area contributed by atoms with E-state index in [4.69, 9.17) is 0 Å². The van der Waals surface area contributed by atoms with Gasteiger partial charge in [0.05, 0.1) is 23.8 Å². The van der Waals surface area contributed by atoms with Crippen LogP contribution in [0.25, 0.3) is 5.69 Å². The van der Waals surface area contributed by atoms with Gasteiger partial charge in [-0.1, -0.05) is 17.7 Å². The number of hydrogen-bond donors (Lipinski definition) is 3. The minimum atomic E-state index is -0.505. The van der Waals surface area contributed by atoms with Gasteiger partial charge in [0.25, 0.3) is 11.8 Å². The number of rotatable bonds is 5. The first kappa shape index (κ1) is 22.3. The van der Waals surface area contributed by atoms with Crippen molar-refractivity contribution < 1.29 is 14.4 Å². The molecule has 1 aliphatic heterocycles. The largest absolute Gasteiger partial charge is 0.354 e. The fourth-order valence-corrected chi connectivity index (χ4v) is 3.88. The van der Waals surface area contributed by atoms with Crippen molar-refractivity contribution in [3.05, 3.63) is 77.1 Å². The molecular weight excluding hydrogens is 418 g/mol. The predicted molar refractivity (Wildman–Crippen MR) is 126 cm³/mol. The summed E-state index contributed by atoms with van der Waals surface area (Å²) in [6.45, 7) is 4.55. The van der Waals surface area contributed by atoms with Crippen LogP contribution in [0.4, 0.5) is 5.69 Å². The summed E-state index contributed by atoms with van der Waals surface area (Å²) >= 11 is 0. The number of carbonyl (C=O) groups is 3. The number of anilines is 1. The molecule has 0 aliphatic carbocycles. The average molecular weight is 446 g/mol. The highest BCUT2D eigenvalue weighted by atomic mass is 16.2. The van der Waals surface area contributed by atoms with Crippen molar-refractivity contribution in [3.63, 3.8) is 0 Å². The molecule has 1 fully saturated rings. The third kappa shape index (κ3) is 5.28. The molecule has 0 radical (unpaired) electrons. The van der Waals surface area contributed by atoms with Crippen molar-refractivity contribution in [1.29, 1.82) is 0 Å². The molecule has 0 spiro atoms. The van der Waals surface area contributed by atoms with Crippen LogP contribution in [-0.2, 0) is 4.79 Å². The van der Waals surface area contributed by atoms with E-state index in [1.807, 2.05) is 32.0 Å². The van der Waals surface area contributed by atoms with Gasteiger partial charge >= 0.3 is 0 Å². The van der Waals surface area contributed by atoms with E-state index in [-0.39, 0.29) is 17.7 Å². The van der Waals surface area contributed by atoms with Crippen LogP contribution in [0.1, 0.15) is 51.1 Å². The van der Waals surface area contributed by atoms with Gasteiger partial charge in [-0.3, -0.25) is 14.4 Å². The lowest BCUT2D eigenvalue weighted by molar-refractivity contribution is -0.122. The normalized spacial score (nSPS) is 15.9. The molecule has 2 heterocycles. The second-order valence-electron chi connectivity index (χ2n) is 8.31. The van der Waals surface area contributed by atoms with Gasteiger partial charge in [0.15, 0.2) is 0 Å². The van der Waals surface area contributed by atoms with Crippen LogP contribution < -0.4 is 16.0 Å². The molecule has 0 bridgehead atoms. The molecule has 33 heavy (non-hydrogen) atoms. The Morgan fingerprint density at radius 2 is 1.85 bits per heavy atom. The third-order valence-corrected chi connectivity index (χ3v) is 5.70. The smallest absolute Gasteiger partial charge is 0.256 e. The van der Waals surface area contributed by atoms with Gasteiger partial charge in [0.1, 0.15) is 6.04 Å². The van der Waals surface area contributed by atoms with Gasteiger partial charge in [-0.05, 0) is 69.0 Å². The summed E-state index contributed by atoms with van der Waals surface area (Å²) in [6, 6.07) is 12.1. The Hall–Kier alpha value is -3.94. The maximum atomic E-state index is 12.6. The van der Waals surface area contributed by atoms with Crippen LogP contribution in [-0.4, -0.2) is 40.1 Å². The molecule has 1 saturated heterocycles. The molecule has 3 aromatic rings. The zero-order valence-electron chi connectivity index (χ0n) is 18.7. The Labute approximate surface area is 192 Å². The fourth-order valence-electron chi connectivity index (χ4n) is 3.88. The Morgan fingerprint density at radius 1 is 1.06 bits per heavy atom. The lowest BCUT2D eigenvalue weighted by Crippen LogP contribution is -2.45. The van der Waals surface area contributed by atoms with Crippen molar-refractivity contribution in [2.24, 2.45) is 0 Å². The Bertz CT molecular complexity index is 1180. The van der Waals surface area contributed by atoms with Crippen molar-refractivity contribution in [2.45, 2.75) is 39.2 Å². The molecule has 2 aromatic carbocycles. The number of carbonyl (C=O) groups excluding carboxylic acids is 3. The zero-order valence-corrected chi connectivity index (χ0v) is 18.7. The van der Waals surface area contributed by atoms with Crippen LogP contribution in [0.15, 0.2) is 54.9 Å². The standard InChI is InChI=1S/C25H27N5O3/c1-16-6-11-21(17(2)13-16)24(32)28-19-14-27-30(15-19)20-9-7-18(8-10-20)23(31)29-22-5-3-4-12-26-25(22)33/h6-11,13-15,22H,3-5,12H2,1-2H3,(H,26,33)(H,28,32)(H,29,31)/t22-/m0/s1. The predicted octanol–water partition coefficient (Wildman–Crippen LogP) is 3.14. The Kier molecular flexibility index (Phi) is 6.53. The van der Waals surface area contributed by atoms with E-state index in [0.29, 0.717) is 29.8 Å². The summed E-state index contributed by atoms with van der Waals surface area (Å²) in [5, 5.41) is 12.8. The van der Waals surface area contributed by atoms with Crippen molar-refractivity contribution in [3.8, 4) is 5.69 Å². The highest BCUT2D eigenvalue weighted by Gasteiger charge is 2.22. The highest BCUT2D eigenvalue weighted by Crippen LogP contribution is 2.16. The topological polar surface area (TPSA) is 105 Å². The maximum Gasteiger partial charge on any atom is 0.256 e. The summed E-state index contributed by atoms with van der Waals surface area (Å²) in [6.07, 6.45) is 5.74. The third-order valence-electron chi connectivity index (χ3n) is 5.70. The number of hydrogen-bond acceptors (Lipinski definition) is 4. The van der Waals surface area contributed by atoms with Gasteiger partial charge < -0.3 is 16.0 Å². The summed E-state index contributed by atoms with van der Waals surface area (Å²) in [5.41, 5.74) is 4.41. The molecule has 8 nitrogen and oxygen atoms in total. The zero-order chi connectivity index (χ0) is 23.4. The van der Waals surface area contributed by atoms with Crippen molar-refractivity contribution in [1.82, 2.24) is 20.4 Å². The fraction of sp³-hybridized carbons (Fsp3) is 0.280. The second kappa shape index (κ2) is 9.68. The molecule has 1 aliphatic rings. The highest BCUT2D eigenvalue weighted by molar-refractivity contribution is 6.05. The molecule has 8 heteroatoms. The van der Waals surface area contributed by atoms with E-state index in [1.54, 1.807) is 41.3 Å². The Balaban J connectivity index is 1.40. The van der Waals surface area contributed by atoms with Gasteiger partial charge in [-0.25, -0.2) is 4.68 Å². The van der Waals surface area contributed by atoms with Crippen molar-refractivity contribution >= 4 is 23.4 Å². The van der Waals surface area contributed by atoms with Gasteiger partial charge in [0.2, 0.25) is 5.91 Å². The molecule has 1 aromatic heterocycles. The Morgan fingerprint density at radius 3 is 2.61 bits per heavy atom. The summed E-state index contributed by atoms with van der Waals surface area (Å²) < 4.78 is 1.62.